The normalized spacial score (nSPS) is 12.0. The third kappa shape index (κ3) is 23.6. The maximum absolute atomic E-state index is 13.0. The molecule has 0 saturated heterocycles. The number of ketones is 2. The highest BCUT2D eigenvalue weighted by Gasteiger charge is 2.28. The first-order chi connectivity index (χ1) is 38.6. The lowest BCUT2D eigenvalue weighted by Crippen LogP contribution is -2.25. The van der Waals surface area contributed by atoms with Gasteiger partial charge in [-0.1, -0.05) is 48.5 Å². The monoisotopic (exact) mass is 1150 g/mol. The summed E-state index contributed by atoms with van der Waals surface area (Å²) in [4.78, 5) is 74.0. The summed E-state index contributed by atoms with van der Waals surface area (Å²) in [6, 6.07) is 20.6. The largest absolute Gasteiger partial charge is 0.493 e. The fraction of sp³-hybridized carbons (Fsp3) is 0.493. The lowest BCUT2D eigenvalue weighted by atomic mass is 9.85. The van der Waals surface area contributed by atoms with Gasteiger partial charge < -0.3 is 47.4 Å². The lowest BCUT2D eigenvalue weighted by Gasteiger charge is -2.25. The molecule has 16 nitrogen and oxygen atoms in total. The van der Waals surface area contributed by atoms with Crippen LogP contribution in [-0.4, -0.2) is 75.8 Å². The minimum absolute atomic E-state index is 0.0987. The number of ether oxygens (including phenoxy) is 10. The van der Waals surface area contributed by atoms with Crippen molar-refractivity contribution < 1.29 is 76.1 Å². The smallest absolute Gasteiger partial charge is 0.314 e. The second-order valence-electron chi connectivity index (χ2n) is 25.1. The molecule has 454 valence electrons. The molecule has 0 amide bonds. The Kier molecular flexibility index (Phi) is 26.1. The standard InChI is InChI=1S/C34H46O8.C33H44O8/c1-11-18-38-28-20-29(40-22-42-31(37)34(8,9)10)26(32(2,3)4)19-24(28)14-17-27(35)23-12-15-25(16-13-23)39-21-41-30(36)33(5,6)7;1-10-17-37-28-19-29(39-21-41-31(36)33(7,8)9)26(22(2)3)18-24(28)13-16-27(34)23-11-14-25(15-12-23)38-20-40-30(35)32(4,5)6/h12-17,19-20H,11,18,21-22H2,1-10H3;11-16,18-19,22H,10,17,20-21H2,1-9H3/b17-14+;16-13+. The van der Waals surface area contributed by atoms with Crippen molar-refractivity contribution in [1.82, 2.24) is 0 Å². The zero-order valence-electron chi connectivity index (χ0n) is 52.5. The molecule has 4 aromatic rings. The summed E-state index contributed by atoms with van der Waals surface area (Å²) in [5, 5.41) is 0. The number of benzene rings is 4. The first kappa shape index (κ1) is 69.6. The van der Waals surface area contributed by atoms with Crippen LogP contribution in [0.2, 0.25) is 0 Å². The van der Waals surface area contributed by atoms with Crippen molar-refractivity contribution >= 4 is 47.6 Å². The van der Waals surface area contributed by atoms with Crippen LogP contribution >= 0.6 is 0 Å². The average Bonchev–Trinajstić information content (AvgIpc) is 3.61. The van der Waals surface area contributed by atoms with E-state index in [0.717, 1.165) is 35.1 Å². The Bertz CT molecular complexity index is 2860. The lowest BCUT2D eigenvalue weighted by molar-refractivity contribution is -0.160. The zero-order valence-corrected chi connectivity index (χ0v) is 52.5. The van der Waals surface area contributed by atoms with E-state index in [4.69, 9.17) is 47.4 Å². The minimum Gasteiger partial charge on any atom is -0.493 e. The Morgan fingerprint density at radius 1 is 0.410 bits per heavy atom. The molecular formula is C67H90O16. The van der Waals surface area contributed by atoms with Gasteiger partial charge in [0.1, 0.15) is 34.5 Å². The fourth-order valence-electron chi connectivity index (χ4n) is 6.80. The molecule has 0 aliphatic rings. The van der Waals surface area contributed by atoms with Crippen LogP contribution < -0.4 is 28.4 Å². The molecule has 4 rings (SSSR count). The van der Waals surface area contributed by atoms with Crippen molar-refractivity contribution in [3.8, 4) is 34.5 Å². The number of carbonyl (C=O) groups is 6. The van der Waals surface area contributed by atoms with E-state index in [-0.39, 0.29) is 73.9 Å². The van der Waals surface area contributed by atoms with Crippen LogP contribution in [0.3, 0.4) is 0 Å². The van der Waals surface area contributed by atoms with E-state index in [1.54, 1.807) is 156 Å². The van der Waals surface area contributed by atoms with Gasteiger partial charge in [0.05, 0.1) is 34.9 Å². The van der Waals surface area contributed by atoms with Gasteiger partial charge >= 0.3 is 23.9 Å². The number of hydrogen-bond acceptors (Lipinski definition) is 16. The number of esters is 4. The topological polar surface area (TPSA) is 195 Å². The third-order valence-corrected chi connectivity index (χ3v) is 11.8. The van der Waals surface area contributed by atoms with Crippen molar-refractivity contribution in [2.24, 2.45) is 21.7 Å². The summed E-state index contributed by atoms with van der Waals surface area (Å²) in [6.07, 6.45) is 8.03. The van der Waals surface area contributed by atoms with Crippen LogP contribution in [0, 0.1) is 21.7 Å². The van der Waals surface area contributed by atoms with E-state index in [1.165, 1.54) is 12.2 Å². The summed E-state index contributed by atoms with van der Waals surface area (Å²) in [6.45, 7) is 35.6. The molecule has 0 atom stereocenters. The third-order valence-electron chi connectivity index (χ3n) is 11.8. The van der Waals surface area contributed by atoms with Crippen molar-refractivity contribution in [3.05, 3.63) is 118 Å². The minimum atomic E-state index is -0.638. The summed E-state index contributed by atoms with van der Waals surface area (Å²) in [7, 11) is 0. The zero-order chi connectivity index (χ0) is 62.5. The molecular weight excluding hydrogens is 1060 g/mol. The van der Waals surface area contributed by atoms with E-state index < -0.39 is 21.7 Å². The van der Waals surface area contributed by atoms with Gasteiger partial charge in [-0.15, -0.1) is 0 Å². The highest BCUT2D eigenvalue weighted by atomic mass is 16.7. The highest BCUT2D eigenvalue weighted by molar-refractivity contribution is 6.07. The van der Waals surface area contributed by atoms with E-state index in [1.807, 2.05) is 39.8 Å². The van der Waals surface area contributed by atoms with Gasteiger partial charge in [-0.05, 0) is 198 Å². The van der Waals surface area contributed by atoms with Crippen molar-refractivity contribution in [3.63, 3.8) is 0 Å². The summed E-state index contributed by atoms with van der Waals surface area (Å²) < 4.78 is 55.5. The van der Waals surface area contributed by atoms with Crippen LogP contribution in [0.1, 0.15) is 193 Å². The maximum atomic E-state index is 13.0. The molecule has 16 heteroatoms. The van der Waals surface area contributed by atoms with E-state index in [9.17, 15) is 28.8 Å². The molecule has 0 saturated carbocycles. The molecule has 0 N–H and O–H groups in total. The van der Waals surface area contributed by atoms with E-state index in [0.29, 0.717) is 58.8 Å². The molecule has 0 spiro atoms. The quantitative estimate of drug-likeness (QED) is 0.0200. The summed E-state index contributed by atoms with van der Waals surface area (Å²) >= 11 is 0. The molecule has 0 heterocycles. The highest BCUT2D eigenvalue weighted by Crippen LogP contribution is 2.39. The Hall–Kier alpha value is -7.62. The van der Waals surface area contributed by atoms with Crippen LogP contribution in [0.25, 0.3) is 12.2 Å². The van der Waals surface area contributed by atoms with Crippen molar-refractivity contribution in [2.75, 3.05) is 40.4 Å². The van der Waals surface area contributed by atoms with Gasteiger partial charge in [-0.25, -0.2) is 0 Å². The molecule has 83 heavy (non-hydrogen) atoms. The number of hydrogen-bond donors (Lipinski definition) is 0. The molecule has 0 aliphatic heterocycles. The summed E-state index contributed by atoms with van der Waals surface area (Å²) in [5.74, 6) is 1.44. The molecule has 0 bridgehead atoms. The van der Waals surface area contributed by atoms with Gasteiger partial charge in [-0.2, -0.15) is 0 Å². The average molecular weight is 1150 g/mol. The van der Waals surface area contributed by atoms with Gasteiger partial charge in [0.15, 0.2) is 11.6 Å². The second kappa shape index (κ2) is 31.2. The van der Waals surface area contributed by atoms with E-state index >= 15 is 0 Å². The van der Waals surface area contributed by atoms with E-state index in [2.05, 4.69) is 20.8 Å². The van der Waals surface area contributed by atoms with Crippen molar-refractivity contribution in [1.29, 1.82) is 0 Å². The van der Waals surface area contributed by atoms with Crippen LogP contribution in [0.5, 0.6) is 34.5 Å². The fourth-order valence-corrected chi connectivity index (χ4v) is 6.80. The van der Waals surface area contributed by atoms with Gasteiger partial charge in [-0.3, -0.25) is 28.8 Å². The number of rotatable bonds is 25. The Labute approximate surface area is 492 Å². The van der Waals surface area contributed by atoms with Crippen LogP contribution in [0.4, 0.5) is 0 Å². The predicted octanol–water partition coefficient (Wildman–Crippen LogP) is 14.9. The van der Waals surface area contributed by atoms with Gasteiger partial charge in [0.25, 0.3) is 0 Å². The maximum Gasteiger partial charge on any atom is 0.314 e. The number of allylic oxidation sites excluding steroid dienone is 2. The molecule has 0 aliphatic carbocycles. The first-order valence-electron chi connectivity index (χ1n) is 28.0. The summed E-state index contributed by atoms with van der Waals surface area (Å²) in [5.41, 5.74) is 1.36. The molecule has 0 aromatic heterocycles. The molecule has 4 aromatic carbocycles. The van der Waals surface area contributed by atoms with Crippen LogP contribution in [0.15, 0.2) is 84.9 Å². The second-order valence-corrected chi connectivity index (χ2v) is 25.1. The Balaban J connectivity index is 0.000000435. The molecule has 0 radical (unpaired) electrons. The SMILES string of the molecule is CCCOc1cc(OCOC(=O)C(C)(C)C)c(C(C)(C)C)cc1/C=C/C(=O)c1ccc(OCOC(=O)C(C)(C)C)cc1.CCCOc1cc(OCOC(=O)C(C)(C)C)c(C(C)C)cc1/C=C/C(=O)c1ccc(OCOC(=O)C(C)(C)C)cc1. The molecule has 0 unspecified atom stereocenters. The van der Waals surface area contributed by atoms with Gasteiger partial charge in [0.2, 0.25) is 27.2 Å². The predicted molar refractivity (Wildman–Crippen MR) is 321 cm³/mol. The molecule has 0 fully saturated rings. The Morgan fingerprint density at radius 3 is 1.06 bits per heavy atom. The van der Waals surface area contributed by atoms with Crippen LogP contribution in [-0.2, 0) is 43.5 Å². The number of carbonyl (C=O) groups excluding carboxylic acids is 6. The Morgan fingerprint density at radius 2 is 0.735 bits per heavy atom. The first-order valence-corrected chi connectivity index (χ1v) is 28.0. The van der Waals surface area contributed by atoms with Crippen molar-refractivity contribution in [2.45, 2.75) is 156 Å². The van der Waals surface area contributed by atoms with Gasteiger partial charge in [0, 0.05) is 39.9 Å².